The minimum Gasteiger partial charge on any atom is -0.453 e. The van der Waals surface area contributed by atoms with E-state index >= 15 is 0 Å². The van der Waals surface area contributed by atoms with E-state index in [2.05, 4.69) is 11.5 Å². The fraction of sp³-hybridized carbons (Fsp3) is 0.667. The highest BCUT2D eigenvalue weighted by atomic mass is 32.2. The van der Waals surface area contributed by atoms with E-state index in [9.17, 15) is 4.79 Å². The molecule has 0 aromatic rings. The number of carbonyl (C=O) groups is 1. The molecule has 0 saturated carbocycles. The van der Waals surface area contributed by atoms with Crippen LogP contribution >= 0.6 is 11.8 Å². The number of piperidine rings is 1. The summed E-state index contributed by atoms with van der Waals surface area (Å²) in [6.07, 6.45) is 3.09. The lowest BCUT2D eigenvalue weighted by Gasteiger charge is -2.33. The monoisotopic (exact) mass is 199 g/mol. The van der Waals surface area contributed by atoms with E-state index in [1.165, 1.54) is 7.11 Å². The second-order valence-corrected chi connectivity index (χ2v) is 4.52. The molecule has 2 aliphatic heterocycles. The molecule has 13 heavy (non-hydrogen) atoms. The molecule has 0 radical (unpaired) electrons. The van der Waals surface area contributed by atoms with E-state index < -0.39 is 0 Å². The summed E-state index contributed by atoms with van der Waals surface area (Å²) in [7, 11) is 1.44. The Morgan fingerprint density at radius 2 is 2.54 bits per heavy atom. The molecule has 72 valence electrons. The Balaban J connectivity index is 1.96. The molecule has 3 nitrogen and oxygen atoms in total. The fourth-order valence-corrected chi connectivity index (χ4v) is 2.97. The number of rotatable bonds is 0. The van der Waals surface area contributed by atoms with Crippen LogP contribution in [0.2, 0.25) is 0 Å². The summed E-state index contributed by atoms with van der Waals surface area (Å²) in [6.45, 7) is 1.66. The SMILES string of the molecule is COC(=O)N1CCC2SC=CC2C1. The molecule has 2 aliphatic rings. The Hall–Kier alpha value is -0.640. The van der Waals surface area contributed by atoms with Gasteiger partial charge in [-0.3, -0.25) is 0 Å². The van der Waals surface area contributed by atoms with Crippen molar-refractivity contribution in [2.45, 2.75) is 11.7 Å². The summed E-state index contributed by atoms with van der Waals surface area (Å²) in [5, 5.41) is 2.84. The fourth-order valence-electron chi connectivity index (χ4n) is 1.86. The van der Waals surface area contributed by atoms with E-state index in [1.807, 2.05) is 11.8 Å². The van der Waals surface area contributed by atoms with Gasteiger partial charge in [0, 0.05) is 24.3 Å². The number of likely N-dealkylation sites (tertiary alicyclic amines) is 1. The van der Waals surface area contributed by atoms with Crippen LogP contribution in [0.1, 0.15) is 6.42 Å². The van der Waals surface area contributed by atoms with Crippen LogP contribution < -0.4 is 0 Å². The first-order chi connectivity index (χ1) is 6.31. The maximum Gasteiger partial charge on any atom is 0.409 e. The molecule has 0 spiro atoms. The third-order valence-electron chi connectivity index (χ3n) is 2.60. The summed E-state index contributed by atoms with van der Waals surface area (Å²) in [4.78, 5) is 13.0. The van der Waals surface area contributed by atoms with E-state index in [0.717, 1.165) is 19.5 Å². The Morgan fingerprint density at radius 1 is 1.69 bits per heavy atom. The molecule has 1 fully saturated rings. The number of fused-ring (bicyclic) bond motifs is 1. The number of ether oxygens (including phenoxy) is 1. The van der Waals surface area contributed by atoms with E-state index in [1.54, 1.807) is 4.90 Å². The van der Waals surface area contributed by atoms with E-state index in [0.29, 0.717) is 11.2 Å². The standard InChI is InChI=1S/C9H13NO2S/c1-12-9(11)10-4-2-8-7(6-10)3-5-13-8/h3,5,7-8H,2,4,6H2,1H3. The third-order valence-corrected chi connectivity index (χ3v) is 3.85. The lowest BCUT2D eigenvalue weighted by Crippen LogP contribution is -2.43. The number of thioether (sulfide) groups is 1. The normalized spacial score (nSPS) is 31.6. The Morgan fingerprint density at radius 3 is 3.31 bits per heavy atom. The predicted molar refractivity (Wildman–Crippen MR) is 52.6 cm³/mol. The average molecular weight is 199 g/mol. The van der Waals surface area contributed by atoms with Crippen LogP contribution in [0.3, 0.4) is 0 Å². The predicted octanol–water partition coefficient (Wildman–Crippen LogP) is 1.70. The molecular formula is C9H13NO2S. The average Bonchev–Trinajstić information content (AvgIpc) is 2.63. The van der Waals surface area contributed by atoms with Crippen LogP contribution in [0.25, 0.3) is 0 Å². The van der Waals surface area contributed by atoms with Gasteiger partial charge in [-0.25, -0.2) is 4.79 Å². The minimum absolute atomic E-state index is 0.191. The molecule has 0 aromatic heterocycles. The highest BCUT2D eigenvalue weighted by Gasteiger charge is 2.32. The van der Waals surface area contributed by atoms with Gasteiger partial charge in [-0.05, 0) is 11.8 Å². The molecule has 2 rings (SSSR count). The topological polar surface area (TPSA) is 29.5 Å². The number of amides is 1. The summed E-state index contributed by atoms with van der Waals surface area (Å²) in [5.41, 5.74) is 0. The Kier molecular flexibility index (Phi) is 2.49. The Labute approximate surface area is 82.1 Å². The van der Waals surface area contributed by atoms with Gasteiger partial charge in [0.15, 0.2) is 0 Å². The molecule has 0 aliphatic carbocycles. The van der Waals surface area contributed by atoms with Crippen LogP contribution in [0, 0.1) is 5.92 Å². The zero-order valence-corrected chi connectivity index (χ0v) is 8.42. The molecule has 2 unspecified atom stereocenters. The number of hydrogen-bond donors (Lipinski definition) is 0. The van der Waals surface area contributed by atoms with Crippen molar-refractivity contribution in [3.05, 3.63) is 11.5 Å². The van der Waals surface area contributed by atoms with Crippen LogP contribution in [-0.2, 0) is 4.74 Å². The van der Waals surface area contributed by atoms with E-state index in [4.69, 9.17) is 4.74 Å². The molecule has 1 amide bonds. The molecular weight excluding hydrogens is 186 g/mol. The highest BCUT2D eigenvalue weighted by molar-refractivity contribution is 8.03. The first-order valence-electron chi connectivity index (χ1n) is 4.46. The van der Waals surface area contributed by atoms with Gasteiger partial charge in [-0.15, -0.1) is 11.8 Å². The molecule has 2 heterocycles. The zero-order valence-electron chi connectivity index (χ0n) is 7.60. The van der Waals surface area contributed by atoms with Crippen molar-refractivity contribution in [2.24, 2.45) is 5.92 Å². The van der Waals surface area contributed by atoms with Gasteiger partial charge in [0.2, 0.25) is 0 Å². The smallest absolute Gasteiger partial charge is 0.409 e. The first kappa shape index (κ1) is 8.94. The summed E-state index contributed by atoms with van der Waals surface area (Å²) >= 11 is 1.89. The van der Waals surface area contributed by atoms with Gasteiger partial charge < -0.3 is 9.64 Å². The van der Waals surface area contributed by atoms with Crippen molar-refractivity contribution >= 4 is 17.9 Å². The minimum atomic E-state index is -0.191. The van der Waals surface area contributed by atoms with Crippen LogP contribution in [0.4, 0.5) is 4.79 Å². The van der Waals surface area contributed by atoms with Gasteiger partial charge >= 0.3 is 6.09 Å². The summed E-state index contributed by atoms with van der Waals surface area (Å²) < 4.78 is 4.69. The van der Waals surface area contributed by atoms with Gasteiger partial charge in [-0.2, -0.15) is 0 Å². The second kappa shape index (κ2) is 3.62. The van der Waals surface area contributed by atoms with Gasteiger partial charge in [0.1, 0.15) is 0 Å². The van der Waals surface area contributed by atoms with Crippen LogP contribution in [-0.4, -0.2) is 36.4 Å². The number of carbonyl (C=O) groups excluding carboxylic acids is 1. The quantitative estimate of drug-likeness (QED) is 0.594. The molecule has 4 heteroatoms. The highest BCUT2D eigenvalue weighted by Crippen LogP contribution is 2.35. The number of methoxy groups -OCH3 is 1. The molecule has 0 aromatic carbocycles. The van der Waals surface area contributed by atoms with Gasteiger partial charge in [-0.1, -0.05) is 6.08 Å². The lowest BCUT2D eigenvalue weighted by molar-refractivity contribution is 0.109. The maximum atomic E-state index is 11.2. The molecule has 0 N–H and O–H groups in total. The lowest BCUT2D eigenvalue weighted by atomic mass is 9.98. The van der Waals surface area contributed by atoms with Crippen molar-refractivity contribution in [2.75, 3.05) is 20.2 Å². The molecule has 1 saturated heterocycles. The number of nitrogens with zero attached hydrogens (tertiary/aromatic N) is 1. The largest absolute Gasteiger partial charge is 0.453 e. The first-order valence-corrected chi connectivity index (χ1v) is 5.40. The van der Waals surface area contributed by atoms with Crippen molar-refractivity contribution in [3.8, 4) is 0 Å². The zero-order chi connectivity index (χ0) is 9.26. The third kappa shape index (κ3) is 1.68. The maximum absolute atomic E-state index is 11.2. The van der Waals surface area contributed by atoms with Crippen molar-refractivity contribution in [1.29, 1.82) is 0 Å². The molecule has 2 atom stereocenters. The van der Waals surface area contributed by atoms with Crippen LogP contribution in [0.15, 0.2) is 11.5 Å². The van der Waals surface area contributed by atoms with E-state index in [-0.39, 0.29) is 6.09 Å². The number of hydrogen-bond acceptors (Lipinski definition) is 3. The van der Waals surface area contributed by atoms with Crippen LogP contribution in [0.5, 0.6) is 0 Å². The van der Waals surface area contributed by atoms with Crippen molar-refractivity contribution < 1.29 is 9.53 Å². The Bertz CT molecular complexity index is 242. The van der Waals surface area contributed by atoms with Crippen molar-refractivity contribution in [3.63, 3.8) is 0 Å². The summed E-state index contributed by atoms with van der Waals surface area (Å²) in [5.74, 6) is 0.540. The summed E-state index contributed by atoms with van der Waals surface area (Å²) in [6, 6.07) is 0. The van der Waals surface area contributed by atoms with Gasteiger partial charge in [0.05, 0.1) is 7.11 Å². The van der Waals surface area contributed by atoms with Crippen molar-refractivity contribution in [1.82, 2.24) is 4.90 Å². The van der Waals surface area contributed by atoms with Gasteiger partial charge in [0.25, 0.3) is 0 Å². The molecule has 0 bridgehead atoms. The second-order valence-electron chi connectivity index (χ2n) is 3.37.